The van der Waals surface area contributed by atoms with E-state index < -0.39 is 10.0 Å². The number of aromatic nitrogens is 2. The van der Waals surface area contributed by atoms with E-state index in [1.807, 2.05) is 6.07 Å². The second-order valence-corrected chi connectivity index (χ2v) is 5.95. The van der Waals surface area contributed by atoms with Crippen molar-refractivity contribution in [2.24, 2.45) is 0 Å². The van der Waals surface area contributed by atoms with E-state index >= 15 is 0 Å². The van der Waals surface area contributed by atoms with E-state index in [0.717, 1.165) is 0 Å². The van der Waals surface area contributed by atoms with Gasteiger partial charge in [-0.1, -0.05) is 12.1 Å². The van der Waals surface area contributed by atoms with Crippen LogP contribution in [0.25, 0.3) is 0 Å². The van der Waals surface area contributed by atoms with Gasteiger partial charge in [-0.25, -0.2) is 8.42 Å². The molecule has 0 bridgehead atoms. The zero-order valence-electron chi connectivity index (χ0n) is 8.94. The third kappa shape index (κ3) is 2.50. The molecular weight excluding hydrogens is 306 g/mol. The van der Waals surface area contributed by atoms with Crippen LogP contribution in [0.5, 0.6) is 0 Å². The van der Waals surface area contributed by atoms with Crippen LogP contribution in [-0.4, -0.2) is 18.6 Å². The Balaban J connectivity index is 2.37. The first-order chi connectivity index (χ1) is 8.00. The highest BCUT2D eigenvalue weighted by Crippen LogP contribution is 2.24. The number of aromatic amines is 1. The highest BCUT2D eigenvalue weighted by molar-refractivity contribution is 9.10. The van der Waals surface area contributed by atoms with E-state index in [2.05, 4.69) is 30.8 Å². The minimum Gasteiger partial charge on any atom is -0.281 e. The molecule has 17 heavy (non-hydrogen) atoms. The van der Waals surface area contributed by atoms with Gasteiger partial charge in [-0.15, -0.1) is 0 Å². The second-order valence-electron chi connectivity index (χ2n) is 3.44. The van der Waals surface area contributed by atoms with Crippen molar-refractivity contribution in [2.45, 2.75) is 11.8 Å². The molecule has 90 valence electrons. The molecule has 0 aliphatic rings. The summed E-state index contributed by atoms with van der Waals surface area (Å²) < 4.78 is 27.3. The van der Waals surface area contributed by atoms with Crippen molar-refractivity contribution in [3.05, 3.63) is 40.6 Å². The first-order valence-corrected chi connectivity index (χ1v) is 7.05. The lowest BCUT2D eigenvalue weighted by Gasteiger charge is -2.08. The highest BCUT2D eigenvalue weighted by Gasteiger charge is 2.19. The molecule has 7 heteroatoms. The number of halogens is 1. The molecule has 0 amide bonds. The standard InChI is InChI=1S/C10H10BrN3O2S/c1-7-10(6-12-13-7)17(15,16)14-9-5-3-2-4-8(9)11/h2-6,14H,1H3,(H,12,13). The van der Waals surface area contributed by atoms with E-state index in [1.165, 1.54) is 6.20 Å². The summed E-state index contributed by atoms with van der Waals surface area (Å²) in [6.45, 7) is 1.65. The van der Waals surface area contributed by atoms with Crippen molar-refractivity contribution < 1.29 is 8.42 Å². The number of anilines is 1. The van der Waals surface area contributed by atoms with Crippen LogP contribution in [0.15, 0.2) is 39.8 Å². The molecule has 0 spiro atoms. The average Bonchev–Trinajstić information content (AvgIpc) is 2.68. The largest absolute Gasteiger partial charge is 0.281 e. The van der Waals surface area contributed by atoms with Crippen LogP contribution in [0.2, 0.25) is 0 Å². The number of H-pyrrole nitrogens is 1. The van der Waals surface area contributed by atoms with Crippen LogP contribution < -0.4 is 4.72 Å². The number of nitrogens with one attached hydrogen (secondary N) is 2. The molecule has 0 saturated heterocycles. The Morgan fingerprint density at radius 1 is 1.35 bits per heavy atom. The third-order valence-corrected chi connectivity index (χ3v) is 4.36. The molecule has 0 aliphatic carbocycles. The maximum absolute atomic E-state index is 12.0. The van der Waals surface area contributed by atoms with Crippen LogP contribution in [0.4, 0.5) is 5.69 Å². The number of aryl methyl sites for hydroxylation is 1. The van der Waals surface area contributed by atoms with Gasteiger partial charge in [0.1, 0.15) is 4.90 Å². The summed E-state index contributed by atoms with van der Waals surface area (Å²) in [7, 11) is -3.60. The number of rotatable bonds is 3. The van der Waals surface area contributed by atoms with Gasteiger partial charge in [-0.3, -0.25) is 9.82 Å². The van der Waals surface area contributed by atoms with Gasteiger partial charge in [0.25, 0.3) is 10.0 Å². The lowest BCUT2D eigenvalue weighted by Crippen LogP contribution is -2.13. The Hall–Kier alpha value is -1.34. The van der Waals surface area contributed by atoms with Crippen molar-refractivity contribution in [3.63, 3.8) is 0 Å². The van der Waals surface area contributed by atoms with E-state index in [-0.39, 0.29) is 4.90 Å². The summed E-state index contributed by atoms with van der Waals surface area (Å²) in [5, 5.41) is 6.29. The number of hydrogen-bond acceptors (Lipinski definition) is 3. The lowest BCUT2D eigenvalue weighted by molar-refractivity contribution is 0.600. The maximum atomic E-state index is 12.0. The van der Waals surface area contributed by atoms with Gasteiger partial charge in [0.15, 0.2) is 0 Å². The average molecular weight is 316 g/mol. The first-order valence-electron chi connectivity index (χ1n) is 4.78. The minimum atomic E-state index is -3.60. The number of para-hydroxylation sites is 1. The summed E-state index contributed by atoms with van der Waals surface area (Å²) in [4.78, 5) is 0.147. The summed E-state index contributed by atoms with van der Waals surface area (Å²) >= 11 is 3.28. The normalized spacial score (nSPS) is 11.4. The van der Waals surface area contributed by atoms with Gasteiger partial charge < -0.3 is 0 Å². The molecule has 2 aromatic rings. The zero-order valence-corrected chi connectivity index (χ0v) is 11.3. The molecule has 1 aromatic carbocycles. The Morgan fingerprint density at radius 2 is 2.06 bits per heavy atom. The van der Waals surface area contributed by atoms with Crippen molar-refractivity contribution in [3.8, 4) is 0 Å². The Bertz CT molecular complexity index is 637. The van der Waals surface area contributed by atoms with E-state index in [1.54, 1.807) is 25.1 Å². The number of benzene rings is 1. The van der Waals surface area contributed by atoms with Crippen molar-refractivity contribution >= 4 is 31.6 Å². The molecule has 0 radical (unpaired) electrons. The SMILES string of the molecule is Cc1[nH]ncc1S(=O)(=O)Nc1ccccc1Br. The molecule has 0 unspecified atom stereocenters. The van der Waals surface area contributed by atoms with E-state index in [9.17, 15) is 8.42 Å². The molecular formula is C10H10BrN3O2S. The van der Waals surface area contributed by atoms with E-state index in [0.29, 0.717) is 15.9 Å². The molecule has 5 nitrogen and oxygen atoms in total. The molecule has 2 N–H and O–H groups in total. The fourth-order valence-electron chi connectivity index (χ4n) is 1.35. The van der Waals surface area contributed by atoms with Gasteiger partial charge in [-0.2, -0.15) is 5.10 Å². The molecule has 0 atom stereocenters. The Morgan fingerprint density at radius 3 is 2.65 bits per heavy atom. The van der Waals surface area contributed by atoms with Crippen LogP contribution >= 0.6 is 15.9 Å². The fourth-order valence-corrected chi connectivity index (χ4v) is 3.09. The van der Waals surface area contributed by atoms with Crippen LogP contribution in [0, 0.1) is 6.92 Å². The number of hydrogen-bond donors (Lipinski definition) is 2. The molecule has 0 fully saturated rings. The second kappa shape index (κ2) is 4.50. The number of nitrogens with zero attached hydrogens (tertiary/aromatic N) is 1. The lowest BCUT2D eigenvalue weighted by atomic mass is 10.3. The Labute approximate surface area is 107 Å². The summed E-state index contributed by atoms with van der Waals surface area (Å²) in [6, 6.07) is 7.01. The fraction of sp³-hybridized carbons (Fsp3) is 0.100. The molecule has 0 aliphatic heterocycles. The molecule has 0 saturated carbocycles. The Kier molecular flexibility index (Phi) is 3.21. The van der Waals surface area contributed by atoms with Gasteiger partial charge in [0, 0.05) is 4.47 Å². The smallest absolute Gasteiger partial charge is 0.265 e. The maximum Gasteiger partial charge on any atom is 0.265 e. The summed E-state index contributed by atoms with van der Waals surface area (Å²) in [5.41, 5.74) is 0.998. The van der Waals surface area contributed by atoms with Gasteiger partial charge in [0.05, 0.1) is 17.6 Å². The molecule has 1 heterocycles. The predicted octanol–water partition coefficient (Wildman–Crippen LogP) is 2.28. The summed E-state index contributed by atoms with van der Waals surface area (Å²) in [5.74, 6) is 0. The van der Waals surface area contributed by atoms with Crippen LogP contribution in [-0.2, 0) is 10.0 Å². The molecule has 1 aromatic heterocycles. The van der Waals surface area contributed by atoms with Gasteiger partial charge >= 0.3 is 0 Å². The third-order valence-electron chi connectivity index (χ3n) is 2.19. The first kappa shape index (κ1) is 12.1. The van der Waals surface area contributed by atoms with Gasteiger partial charge in [-0.05, 0) is 35.0 Å². The van der Waals surface area contributed by atoms with Gasteiger partial charge in [0.2, 0.25) is 0 Å². The van der Waals surface area contributed by atoms with Crippen LogP contribution in [0.3, 0.4) is 0 Å². The van der Waals surface area contributed by atoms with E-state index in [4.69, 9.17) is 0 Å². The minimum absolute atomic E-state index is 0.147. The van der Waals surface area contributed by atoms with Crippen molar-refractivity contribution in [2.75, 3.05) is 4.72 Å². The van der Waals surface area contributed by atoms with Crippen LogP contribution in [0.1, 0.15) is 5.69 Å². The topological polar surface area (TPSA) is 74.8 Å². The monoisotopic (exact) mass is 315 g/mol. The zero-order chi connectivity index (χ0) is 12.5. The van der Waals surface area contributed by atoms with Crippen molar-refractivity contribution in [1.82, 2.24) is 10.2 Å². The molecule has 2 rings (SSSR count). The summed E-state index contributed by atoms with van der Waals surface area (Å²) in [6.07, 6.45) is 1.29. The highest BCUT2D eigenvalue weighted by atomic mass is 79.9. The predicted molar refractivity (Wildman–Crippen MR) is 68.3 cm³/mol. The quantitative estimate of drug-likeness (QED) is 0.912. The van der Waals surface area contributed by atoms with Crippen molar-refractivity contribution in [1.29, 1.82) is 0 Å². The number of sulfonamides is 1.